The molecule has 0 saturated carbocycles. The summed E-state index contributed by atoms with van der Waals surface area (Å²) in [5, 5.41) is 10.4. The van der Waals surface area contributed by atoms with E-state index in [9.17, 15) is 0 Å². The minimum absolute atomic E-state index is 0.572. The fourth-order valence-electron chi connectivity index (χ4n) is 0.622. The Kier molecular flexibility index (Phi) is 3.34. The first-order valence-corrected chi connectivity index (χ1v) is 3.48. The summed E-state index contributed by atoms with van der Waals surface area (Å²) in [7, 11) is 1.88. The minimum atomic E-state index is 0.572. The predicted octanol–water partition coefficient (Wildman–Crippen LogP) is 0.0748. The van der Waals surface area contributed by atoms with Crippen molar-refractivity contribution in [2.45, 2.75) is 0 Å². The second-order valence-electron chi connectivity index (χ2n) is 2.01. The Bertz CT molecular complexity index is 190. The van der Waals surface area contributed by atoms with Crippen molar-refractivity contribution in [2.75, 3.05) is 20.2 Å². The van der Waals surface area contributed by atoms with E-state index in [0.717, 1.165) is 6.54 Å². The molecule has 60 valence electrons. The highest BCUT2D eigenvalue weighted by molar-refractivity contribution is 5.04. The summed E-state index contributed by atoms with van der Waals surface area (Å²) in [4.78, 5) is 0. The number of rotatable bonds is 4. The highest BCUT2D eigenvalue weighted by Gasteiger charge is 1.90. The van der Waals surface area contributed by atoms with Crippen LogP contribution in [0.1, 0.15) is 0 Å². The average molecular weight is 153 g/mol. The van der Waals surface area contributed by atoms with Crippen LogP contribution in [0.5, 0.6) is 5.88 Å². The molecule has 4 nitrogen and oxygen atoms in total. The lowest BCUT2D eigenvalue weighted by Crippen LogP contribution is -2.16. The van der Waals surface area contributed by atoms with Gasteiger partial charge in [-0.3, -0.25) is 0 Å². The molecule has 0 amide bonds. The van der Waals surface area contributed by atoms with Crippen LogP contribution in [-0.4, -0.2) is 30.4 Å². The average Bonchev–Trinajstić information content (AvgIpc) is 2.07. The Morgan fingerprint density at radius 3 is 3.18 bits per heavy atom. The van der Waals surface area contributed by atoms with Crippen molar-refractivity contribution < 1.29 is 4.74 Å². The van der Waals surface area contributed by atoms with Crippen molar-refractivity contribution >= 4 is 0 Å². The third kappa shape index (κ3) is 2.95. The zero-order chi connectivity index (χ0) is 7.94. The molecule has 0 aliphatic rings. The molecule has 0 bridgehead atoms. The van der Waals surface area contributed by atoms with Gasteiger partial charge in [-0.05, 0) is 13.1 Å². The maximum atomic E-state index is 5.21. The summed E-state index contributed by atoms with van der Waals surface area (Å²) in [5.74, 6) is 0.572. The molecule has 4 heteroatoms. The van der Waals surface area contributed by atoms with Gasteiger partial charge in [-0.2, -0.15) is 5.10 Å². The number of aromatic nitrogens is 2. The lowest BCUT2D eigenvalue weighted by molar-refractivity contribution is 0.303. The number of hydrogen-bond donors (Lipinski definition) is 1. The Labute approximate surface area is 65.6 Å². The van der Waals surface area contributed by atoms with Gasteiger partial charge in [-0.25, -0.2) is 0 Å². The van der Waals surface area contributed by atoms with Crippen LogP contribution in [0.3, 0.4) is 0 Å². The fraction of sp³-hybridized carbons (Fsp3) is 0.429. The van der Waals surface area contributed by atoms with Gasteiger partial charge in [-0.1, -0.05) is 0 Å². The molecule has 0 unspecified atom stereocenters. The van der Waals surface area contributed by atoms with Crippen LogP contribution < -0.4 is 10.1 Å². The van der Waals surface area contributed by atoms with E-state index in [2.05, 4.69) is 15.5 Å². The smallest absolute Gasteiger partial charge is 0.233 e. The van der Waals surface area contributed by atoms with Gasteiger partial charge in [0.25, 0.3) is 0 Å². The normalized spacial score (nSPS) is 9.55. The largest absolute Gasteiger partial charge is 0.475 e. The molecule has 1 rings (SSSR count). The number of likely N-dealkylation sites (N-methyl/N-ethyl adjacent to an activating group) is 1. The van der Waals surface area contributed by atoms with Gasteiger partial charge in [0.2, 0.25) is 5.88 Å². The van der Waals surface area contributed by atoms with Crippen molar-refractivity contribution in [1.29, 1.82) is 0 Å². The summed E-state index contributed by atoms with van der Waals surface area (Å²) in [6, 6.07) is 3.57. The number of hydrogen-bond acceptors (Lipinski definition) is 4. The minimum Gasteiger partial charge on any atom is -0.475 e. The molecule has 0 radical (unpaired) electrons. The molecular weight excluding hydrogens is 142 g/mol. The maximum absolute atomic E-state index is 5.21. The number of nitrogens with one attached hydrogen (secondary N) is 1. The summed E-state index contributed by atoms with van der Waals surface area (Å²) < 4.78 is 5.21. The van der Waals surface area contributed by atoms with Crippen molar-refractivity contribution in [3.05, 3.63) is 18.3 Å². The standard InChI is InChI=1S/C7H11N3O/c1-8-5-6-11-7-3-2-4-9-10-7/h2-4,8H,5-6H2,1H3. The van der Waals surface area contributed by atoms with Gasteiger partial charge in [0.05, 0.1) is 0 Å². The van der Waals surface area contributed by atoms with E-state index in [4.69, 9.17) is 4.74 Å². The summed E-state index contributed by atoms with van der Waals surface area (Å²) in [6.07, 6.45) is 1.62. The highest BCUT2D eigenvalue weighted by atomic mass is 16.5. The Morgan fingerprint density at radius 2 is 2.55 bits per heavy atom. The van der Waals surface area contributed by atoms with Crippen LogP contribution >= 0.6 is 0 Å². The van der Waals surface area contributed by atoms with Crippen LogP contribution in [0.4, 0.5) is 0 Å². The molecule has 1 heterocycles. The quantitative estimate of drug-likeness (QED) is 0.622. The third-order valence-electron chi connectivity index (χ3n) is 1.15. The van der Waals surface area contributed by atoms with Gasteiger partial charge >= 0.3 is 0 Å². The fourth-order valence-corrected chi connectivity index (χ4v) is 0.622. The van der Waals surface area contributed by atoms with Crippen molar-refractivity contribution in [2.24, 2.45) is 0 Å². The second-order valence-corrected chi connectivity index (χ2v) is 2.01. The molecule has 0 aliphatic carbocycles. The molecule has 0 aromatic carbocycles. The molecule has 11 heavy (non-hydrogen) atoms. The topological polar surface area (TPSA) is 47.0 Å². The Morgan fingerprint density at radius 1 is 1.64 bits per heavy atom. The lowest BCUT2D eigenvalue weighted by atomic mass is 10.6. The Hall–Kier alpha value is -1.16. The molecule has 0 spiro atoms. The molecule has 1 aromatic rings. The van der Waals surface area contributed by atoms with E-state index in [0.29, 0.717) is 12.5 Å². The predicted molar refractivity (Wildman–Crippen MR) is 41.5 cm³/mol. The lowest BCUT2D eigenvalue weighted by Gasteiger charge is -2.01. The van der Waals surface area contributed by atoms with Gasteiger partial charge in [0.1, 0.15) is 6.61 Å². The van der Waals surface area contributed by atoms with E-state index in [1.165, 1.54) is 0 Å². The van der Waals surface area contributed by atoms with Gasteiger partial charge in [0, 0.05) is 18.8 Å². The van der Waals surface area contributed by atoms with E-state index < -0.39 is 0 Å². The summed E-state index contributed by atoms with van der Waals surface area (Å²) in [5.41, 5.74) is 0. The number of ether oxygens (including phenoxy) is 1. The molecule has 0 saturated heterocycles. The van der Waals surface area contributed by atoms with Crippen molar-refractivity contribution in [3.63, 3.8) is 0 Å². The van der Waals surface area contributed by atoms with E-state index in [1.54, 1.807) is 18.3 Å². The maximum Gasteiger partial charge on any atom is 0.233 e. The van der Waals surface area contributed by atoms with E-state index >= 15 is 0 Å². The molecule has 1 N–H and O–H groups in total. The first-order valence-electron chi connectivity index (χ1n) is 3.48. The van der Waals surface area contributed by atoms with Crippen LogP contribution in [0, 0.1) is 0 Å². The molecular formula is C7H11N3O. The van der Waals surface area contributed by atoms with Crippen molar-refractivity contribution in [3.8, 4) is 5.88 Å². The molecule has 0 atom stereocenters. The summed E-state index contributed by atoms with van der Waals surface area (Å²) in [6.45, 7) is 1.44. The van der Waals surface area contributed by atoms with Crippen LogP contribution in [-0.2, 0) is 0 Å². The number of nitrogens with zero attached hydrogens (tertiary/aromatic N) is 2. The summed E-state index contributed by atoms with van der Waals surface area (Å²) >= 11 is 0. The van der Waals surface area contributed by atoms with E-state index in [-0.39, 0.29) is 0 Å². The zero-order valence-electron chi connectivity index (χ0n) is 6.45. The van der Waals surface area contributed by atoms with Crippen molar-refractivity contribution in [1.82, 2.24) is 15.5 Å². The monoisotopic (exact) mass is 153 g/mol. The molecule has 0 aliphatic heterocycles. The first-order chi connectivity index (χ1) is 5.43. The van der Waals surface area contributed by atoms with Crippen LogP contribution in [0.15, 0.2) is 18.3 Å². The second kappa shape index (κ2) is 4.62. The van der Waals surface area contributed by atoms with Gasteiger partial charge < -0.3 is 10.1 Å². The first kappa shape index (κ1) is 7.94. The third-order valence-corrected chi connectivity index (χ3v) is 1.15. The van der Waals surface area contributed by atoms with Crippen LogP contribution in [0.25, 0.3) is 0 Å². The van der Waals surface area contributed by atoms with E-state index in [1.807, 2.05) is 7.05 Å². The Balaban J connectivity index is 2.28. The highest BCUT2D eigenvalue weighted by Crippen LogP contribution is 1.99. The van der Waals surface area contributed by atoms with Gasteiger partial charge in [-0.15, -0.1) is 5.10 Å². The van der Waals surface area contributed by atoms with Crippen LogP contribution in [0.2, 0.25) is 0 Å². The SMILES string of the molecule is CNCCOc1cccnn1. The van der Waals surface area contributed by atoms with Gasteiger partial charge in [0.15, 0.2) is 0 Å². The zero-order valence-corrected chi connectivity index (χ0v) is 6.45. The molecule has 0 fully saturated rings. The molecule has 1 aromatic heterocycles.